The van der Waals surface area contributed by atoms with Crippen molar-refractivity contribution in [3.63, 3.8) is 0 Å². The number of hydrogen-bond donors (Lipinski definition) is 1. The number of aromatic nitrogens is 2. The number of nitrogens with zero attached hydrogens (tertiary/aromatic N) is 3. The lowest BCUT2D eigenvalue weighted by atomic mass is 10.3. The number of anilines is 1. The van der Waals surface area contributed by atoms with Crippen LogP contribution in [-0.4, -0.2) is 9.97 Å². The Morgan fingerprint density at radius 1 is 1.32 bits per heavy atom. The molecule has 0 spiro atoms. The summed E-state index contributed by atoms with van der Waals surface area (Å²) in [5.41, 5.74) is 8.05. The molecule has 0 atom stereocenters. The Balaban J connectivity index is 1.99. The molecule has 0 bridgehead atoms. The lowest BCUT2D eigenvalue weighted by molar-refractivity contribution is 0.489. The molecular formula is C13H8N4OS. The second kappa shape index (κ2) is 4.63. The minimum Gasteiger partial charge on any atom is -0.431 e. The van der Waals surface area contributed by atoms with Crippen LogP contribution in [0.3, 0.4) is 0 Å². The van der Waals surface area contributed by atoms with Gasteiger partial charge in [-0.3, -0.25) is 0 Å². The second-order valence-corrected chi connectivity index (χ2v) is 4.76. The zero-order valence-corrected chi connectivity index (χ0v) is 10.5. The largest absolute Gasteiger partial charge is 0.431 e. The van der Waals surface area contributed by atoms with Gasteiger partial charge in [0.1, 0.15) is 11.6 Å². The maximum Gasteiger partial charge on any atom is 0.261 e. The van der Waals surface area contributed by atoms with Gasteiger partial charge in [-0.25, -0.2) is 9.97 Å². The lowest BCUT2D eigenvalue weighted by Crippen LogP contribution is -1.85. The SMILES string of the molecule is N#Cc1ncccc1Sc1nc2cc(N)ccc2o1. The molecule has 0 aliphatic heterocycles. The summed E-state index contributed by atoms with van der Waals surface area (Å²) >= 11 is 1.27. The van der Waals surface area contributed by atoms with Crippen molar-refractivity contribution < 1.29 is 4.42 Å². The summed E-state index contributed by atoms with van der Waals surface area (Å²) in [5, 5.41) is 9.44. The molecule has 2 aromatic heterocycles. The van der Waals surface area contributed by atoms with Crippen LogP contribution in [-0.2, 0) is 0 Å². The van der Waals surface area contributed by atoms with Crippen LogP contribution in [0.2, 0.25) is 0 Å². The number of nitriles is 1. The van der Waals surface area contributed by atoms with E-state index in [-0.39, 0.29) is 0 Å². The molecule has 0 saturated heterocycles. The van der Waals surface area contributed by atoms with Crippen LogP contribution in [0.15, 0.2) is 51.1 Å². The van der Waals surface area contributed by atoms with Gasteiger partial charge in [-0.2, -0.15) is 5.26 Å². The Kier molecular flexibility index (Phi) is 2.82. The number of rotatable bonds is 2. The van der Waals surface area contributed by atoms with E-state index in [1.165, 1.54) is 11.8 Å². The summed E-state index contributed by atoms with van der Waals surface area (Å²) in [4.78, 5) is 9.03. The third kappa shape index (κ3) is 2.23. The van der Waals surface area contributed by atoms with E-state index in [1.807, 2.05) is 6.07 Å². The lowest BCUT2D eigenvalue weighted by Gasteiger charge is -1.97. The maximum atomic E-state index is 8.98. The van der Waals surface area contributed by atoms with E-state index >= 15 is 0 Å². The van der Waals surface area contributed by atoms with Gasteiger partial charge in [0.05, 0.1) is 4.90 Å². The topological polar surface area (TPSA) is 88.7 Å². The molecule has 5 nitrogen and oxygen atoms in total. The van der Waals surface area contributed by atoms with Gasteiger partial charge in [0.2, 0.25) is 0 Å². The Hall–Kier alpha value is -2.52. The van der Waals surface area contributed by atoms with Crippen molar-refractivity contribution in [2.24, 2.45) is 0 Å². The molecule has 0 aliphatic rings. The van der Waals surface area contributed by atoms with Gasteiger partial charge in [-0.05, 0) is 42.1 Å². The highest BCUT2D eigenvalue weighted by atomic mass is 32.2. The van der Waals surface area contributed by atoms with Gasteiger partial charge in [0.25, 0.3) is 5.22 Å². The highest BCUT2D eigenvalue weighted by molar-refractivity contribution is 7.99. The van der Waals surface area contributed by atoms with Gasteiger partial charge in [-0.1, -0.05) is 0 Å². The molecule has 0 aliphatic carbocycles. The fraction of sp³-hybridized carbons (Fsp3) is 0. The predicted molar refractivity (Wildman–Crippen MR) is 71.5 cm³/mol. The fourth-order valence-electron chi connectivity index (χ4n) is 1.62. The molecule has 3 rings (SSSR count). The van der Waals surface area contributed by atoms with Crippen molar-refractivity contribution in [3.05, 3.63) is 42.2 Å². The standard InChI is InChI=1S/C13H8N4OS/c14-7-10-12(2-1-5-16-10)19-13-17-9-6-8(15)3-4-11(9)18-13/h1-6H,15H2. The molecule has 0 radical (unpaired) electrons. The molecule has 1 aromatic carbocycles. The minimum absolute atomic E-state index is 0.356. The van der Waals surface area contributed by atoms with E-state index in [0.29, 0.717) is 32.6 Å². The van der Waals surface area contributed by atoms with Gasteiger partial charge in [0.15, 0.2) is 11.3 Å². The molecule has 0 amide bonds. The number of fused-ring (bicyclic) bond motifs is 1. The summed E-state index contributed by atoms with van der Waals surface area (Å²) in [6, 6.07) is 10.9. The van der Waals surface area contributed by atoms with Gasteiger partial charge < -0.3 is 10.2 Å². The summed E-state index contributed by atoms with van der Waals surface area (Å²) < 4.78 is 5.59. The third-order valence-electron chi connectivity index (χ3n) is 2.47. The molecule has 2 heterocycles. The van der Waals surface area contributed by atoms with E-state index in [0.717, 1.165) is 0 Å². The second-order valence-electron chi connectivity index (χ2n) is 3.77. The first-order valence-corrected chi connectivity index (χ1v) is 6.27. The first-order chi connectivity index (χ1) is 9.26. The van der Waals surface area contributed by atoms with Crippen LogP contribution >= 0.6 is 11.8 Å². The van der Waals surface area contributed by atoms with Crippen molar-refractivity contribution >= 4 is 28.5 Å². The Morgan fingerprint density at radius 2 is 2.21 bits per heavy atom. The van der Waals surface area contributed by atoms with Crippen LogP contribution in [0.5, 0.6) is 0 Å². The molecule has 2 N–H and O–H groups in total. The number of benzene rings is 1. The minimum atomic E-state index is 0.356. The van der Waals surface area contributed by atoms with Crippen molar-refractivity contribution in [3.8, 4) is 6.07 Å². The normalized spacial score (nSPS) is 10.5. The monoisotopic (exact) mass is 268 g/mol. The number of hydrogen-bond acceptors (Lipinski definition) is 6. The van der Waals surface area contributed by atoms with E-state index in [1.54, 1.807) is 36.5 Å². The predicted octanol–water partition coefficient (Wildman–Crippen LogP) is 2.83. The zero-order chi connectivity index (χ0) is 13.2. The van der Waals surface area contributed by atoms with E-state index in [9.17, 15) is 0 Å². The average Bonchev–Trinajstić information content (AvgIpc) is 2.80. The van der Waals surface area contributed by atoms with Crippen LogP contribution in [0.4, 0.5) is 5.69 Å². The number of pyridine rings is 1. The summed E-state index contributed by atoms with van der Waals surface area (Å²) in [6.45, 7) is 0. The van der Waals surface area contributed by atoms with Crippen molar-refractivity contribution in [1.82, 2.24) is 9.97 Å². The van der Waals surface area contributed by atoms with E-state index in [4.69, 9.17) is 15.4 Å². The van der Waals surface area contributed by atoms with E-state index in [2.05, 4.69) is 9.97 Å². The molecular weight excluding hydrogens is 260 g/mol. The van der Waals surface area contributed by atoms with Gasteiger partial charge in [0, 0.05) is 11.9 Å². The van der Waals surface area contributed by atoms with Gasteiger partial charge >= 0.3 is 0 Å². The van der Waals surface area contributed by atoms with Crippen molar-refractivity contribution in [2.45, 2.75) is 10.1 Å². The Morgan fingerprint density at radius 3 is 3.05 bits per heavy atom. The molecule has 92 valence electrons. The first kappa shape index (κ1) is 11.6. The van der Waals surface area contributed by atoms with Crippen LogP contribution < -0.4 is 5.73 Å². The Labute approximate surface area is 113 Å². The zero-order valence-electron chi connectivity index (χ0n) is 9.70. The molecule has 0 saturated carbocycles. The van der Waals surface area contributed by atoms with Crippen LogP contribution in [0, 0.1) is 11.3 Å². The average molecular weight is 268 g/mol. The van der Waals surface area contributed by atoms with Crippen molar-refractivity contribution in [1.29, 1.82) is 5.26 Å². The quantitative estimate of drug-likeness (QED) is 0.719. The molecule has 19 heavy (non-hydrogen) atoms. The molecule has 3 aromatic rings. The fourth-order valence-corrected chi connectivity index (χ4v) is 2.42. The summed E-state index contributed by atoms with van der Waals surface area (Å²) in [6.07, 6.45) is 1.58. The number of oxazole rings is 1. The maximum absolute atomic E-state index is 8.98. The number of nitrogen functional groups attached to an aromatic ring is 1. The molecule has 0 fully saturated rings. The summed E-state index contributed by atoms with van der Waals surface area (Å²) in [5.74, 6) is 0. The smallest absolute Gasteiger partial charge is 0.261 e. The number of nitrogens with two attached hydrogens (primary N) is 1. The molecule has 6 heteroatoms. The van der Waals surface area contributed by atoms with Gasteiger partial charge in [-0.15, -0.1) is 0 Å². The molecule has 0 unspecified atom stereocenters. The first-order valence-electron chi connectivity index (χ1n) is 5.45. The third-order valence-corrected chi connectivity index (χ3v) is 3.36. The van der Waals surface area contributed by atoms with Crippen LogP contribution in [0.1, 0.15) is 5.69 Å². The van der Waals surface area contributed by atoms with Crippen molar-refractivity contribution in [2.75, 3.05) is 5.73 Å². The van der Waals surface area contributed by atoms with E-state index < -0.39 is 0 Å². The van der Waals surface area contributed by atoms with Crippen LogP contribution in [0.25, 0.3) is 11.1 Å². The summed E-state index contributed by atoms with van der Waals surface area (Å²) in [7, 11) is 0. The Bertz CT molecular complexity index is 791. The highest BCUT2D eigenvalue weighted by Gasteiger charge is 2.11. The highest BCUT2D eigenvalue weighted by Crippen LogP contribution is 2.31.